The summed E-state index contributed by atoms with van der Waals surface area (Å²) in [6, 6.07) is -2.40. The number of nitrogens with zero attached hydrogens (tertiary/aromatic N) is 2. The van der Waals surface area contributed by atoms with E-state index in [0.29, 0.717) is 32.4 Å². The van der Waals surface area contributed by atoms with Crippen LogP contribution >= 0.6 is 0 Å². The topological polar surface area (TPSA) is 128 Å². The Kier molecular flexibility index (Phi) is 7.00. The molecule has 2 aliphatic heterocycles. The summed E-state index contributed by atoms with van der Waals surface area (Å²) < 4.78 is 5.18. The molecular weight excluding hydrogens is 368 g/mol. The van der Waals surface area contributed by atoms with Gasteiger partial charge in [-0.1, -0.05) is 0 Å². The van der Waals surface area contributed by atoms with E-state index >= 15 is 0 Å². The predicted molar refractivity (Wildman–Crippen MR) is 98.9 cm³/mol. The van der Waals surface area contributed by atoms with E-state index in [-0.39, 0.29) is 6.54 Å². The maximum Gasteiger partial charge on any atom is 0.328 e. The number of carbonyl (C=O) groups excluding carboxylic acids is 3. The molecular formula is C18H30N4O6. The highest BCUT2D eigenvalue weighted by Crippen LogP contribution is 2.24. The van der Waals surface area contributed by atoms with Crippen LogP contribution in [0, 0.1) is 0 Å². The molecule has 2 rings (SSSR count). The third-order valence-corrected chi connectivity index (χ3v) is 4.66. The normalized spacial score (nSPS) is 24.3. The molecule has 0 aliphatic carbocycles. The standard InChI is InChI=1S/C18H30N4O6/c1-11(19-10-14(23)28-18(2,3)4)15(24)20-12-6-5-8-21-9-7-13(17(26)27)22(21)16(12)25/h11-13,19H,5-10H2,1-4H3,(H,20,24)(H,26,27). The molecule has 0 aromatic rings. The molecule has 3 N–H and O–H groups in total. The first-order valence-corrected chi connectivity index (χ1v) is 9.56. The van der Waals surface area contributed by atoms with Gasteiger partial charge in [0.15, 0.2) is 0 Å². The predicted octanol–water partition coefficient (Wildman–Crippen LogP) is -0.513. The van der Waals surface area contributed by atoms with Crippen molar-refractivity contribution < 1.29 is 29.0 Å². The molecule has 10 heteroatoms. The number of ether oxygens (including phenoxy) is 1. The molecule has 158 valence electrons. The first kappa shape index (κ1) is 22.1. The van der Waals surface area contributed by atoms with Crippen molar-refractivity contribution in [2.45, 2.75) is 70.7 Å². The van der Waals surface area contributed by atoms with E-state index in [9.17, 15) is 24.3 Å². The summed E-state index contributed by atoms with van der Waals surface area (Å²) in [5, 5.41) is 17.9. The molecule has 0 aromatic carbocycles. The second-order valence-corrected chi connectivity index (χ2v) is 8.17. The lowest BCUT2D eigenvalue weighted by molar-refractivity contribution is -0.160. The second kappa shape index (κ2) is 8.87. The fourth-order valence-corrected chi connectivity index (χ4v) is 3.34. The van der Waals surface area contributed by atoms with E-state index in [1.165, 1.54) is 5.01 Å². The maximum atomic E-state index is 12.8. The van der Waals surface area contributed by atoms with Gasteiger partial charge in [0, 0.05) is 13.1 Å². The largest absolute Gasteiger partial charge is 0.480 e. The fraction of sp³-hybridized carbons (Fsp3) is 0.778. The van der Waals surface area contributed by atoms with Gasteiger partial charge in [0.1, 0.15) is 17.7 Å². The average Bonchev–Trinajstić information content (AvgIpc) is 2.94. The van der Waals surface area contributed by atoms with Crippen LogP contribution in [0.4, 0.5) is 0 Å². The summed E-state index contributed by atoms with van der Waals surface area (Å²) in [5.74, 6) is -2.36. The quantitative estimate of drug-likeness (QED) is 0.510. The Balaban J connectivity index is 1.92. The molecule has 2 saturated heterocycles. The van der Waals surface area contributed by atoms with E-state index < -0.39 is 47.5 Å². The van der Waals surface area contributed by atoms with Gasteiger partial charge < -0.3 is 15.2 Å². The number of hydrazine groups is 1. The van der Waals surface area contributed by atoms with Gasteiger partial charge in [-0.15, -0.1) is 0 Å². The summed E-state index contributed by atoms with van der Waals surface area (Å²) in [6.45, 7) is 7.81. The minimum Gasteiger partial charge on any atom is -0.480 e. The first-order chi connectivity index (χ1) is 13.0. The molecule has 10 nitrogen and oxygen atoms in total. The van der Waals surface area contributed by atoms with E-state index in [1.807, 2.05) is 0 Å². The summed E-state index contributed by atoms with van der Waals surface area (Å²) in [5.41, 5.74) is -0.612. The molecule has 2 fully saturated rings. The number of carbonyl (C=O) groups is 4. The van der Waals surface area contributed by atoms with Crippen molar-refractivity contribution in [1.29, 1.82) is 0 Å². The Morgan fingerprint density at radius 3 is 2.54 bits per heavy atom. The number of carboxylic acid groups (broad SMARTS) is 1. The Labute approximate surface area is 164 Å². The Morgan fingerprint density at radius 1 is 1.25 bits per heavy atom. The number of aliphatic carboxylic acids is 1. The minimum atomic E-state index is -1.05. The highest BCUT2D eigenvalue weighted by Gasteiger charge is 2.44. The van der Waals surface area contributed by atoms with Crippen molar-refractivity contribution >= 4 is 23.8 Å². The van der Waals surface area contributed by atoms with Crippen LogP contribution in [0.2, 0.25) is 0 Å². The first-order valence-electron chi connectivity index (χ1n) is 9.56. The van der Waals surface area contributed by atoms with E-state index in [2.05, 4.69) is 10.6 Å². The number of nitrogens with one attached hydrogen (secondary N) is 2. The molecule has 0 radical (unpaired) electrons. The fourth-order valence-electron chi connectivity index (χ4n) is 3.34. The average molecular weight is 398 g/mol. The van der Waals surface area contributed by atoms with Gasteiger partial charge in [0.25, 0.3) is 5.91 Å². The van der Waals surface area contributed by atoms with Crippen molar-refractivity contribution in [2.75, 3.05) is 19.6 Å². The van der Waals surface area contributed by atoms with Gasteiger partial charge >= 0.3 is 11.9 Å². The number of hydrogen-bond acceptors (Lipinski definition) is 7. The summed E-state index contributed by atoms with van der Waals surface area (Å²) >= 11 is 0. The molecule has 2 heterocycles. The van der Waals surface area contributed by atoms with Gasteiger partial charge in [-0.25, -0.2) is 9.80 Å². The lowest BCUT2D eigenvalue weighted by Crippen LogP contribution is -2.56. The summed E-state index contributed by atoms with van der Waals surface area (Å²) in [4.78, 5) is 48.5. The molecule has 2 aliphatic rings. The number of amides is 2. The van der Waals surface area contributed by atoms with Gasteiger partial charge in [-0.05, 0) is 47.0 Å². The summed E-state index contributed by atoms with van der Waals surface area (Å²) in [7, 11) is 0. The minimum absolute atomic E-state index is 0.133. The lowest BCUT2D eigenvalue weighted by Gasteiger charge is -2.30. The highest BCUT2D eigenvalue weighted by atomic mass is 16.6. The van der Waals surface area contributed by atoms with Crippen molar-refractivity contribution in [3.8, 4) is 0 Å². The zero-order valence-electron chi connectivity index (χ0n) is 16.9. The monoisotopic (exact) mass is 398 g/mol. The number of carboxylic acids is 1. The van der Waals surface area contributed by atoms with Crippen LogP contribution in [0.25, 0.3) is 0 Å². The van der Waals surface area contributed by atoms with Crippen LogP contribution in [0.1, 0.15) is 47.0 Å². The molecule has 2 amide bonds. The lowest BCUT2D eigenvalue weighted by atomic mass is 10.1. The third-order valence-electron chi connectivity index (χ3n) is 4.66. The molecule has 3 atom stereocenters. The summed E-state index contributed by atoms with van der Waals surface area (Å²) in [6.07, 6.45) is 1.47. The molecule has 0 saturated carbocycles. The molecule has 0 aromatic heterocycles. The SMILES string of the molecule is CC(NCC(=O)OC(C)(C)C)C(=O)NC1CCCN2CCC(C(=O)O)N2C1=O. The highest BCUT2D eigenvalue weighted by molar-refractivity contribution is 5.92. The van der Waals surface area contributed by atoms with Crippen LogP contribution in [0.3, 0.4) is 0 Å². The van der Waals surface area contributed by atoms with Crippen molar-refractivity contribution in [3.05, 3.63) is 0 Å². The van der Waals surface area contributed by atoms with Crippen LogP contribution < -0.4 is 10.6 Å². The van der Waals surface area contributed by atoms with Crippen molar-refractivity contribution in [1.82, 2.24) is 20.7 Å². The molecule has 3 unspecified atom stereocenters. The maximum absolute atomic E-state index is 12.8. The Bertz CT molecular complexity index is 632. The van der Waals surface area contributed by atoms with E-state index in [0.717, 1.165) is 0 Å². The van der Waals surface area contributed by atoms with Crippen LogP contribution in [-0.2, 0) is 23.9 Å². The van der Waals surface area contributed by atoms with Crippen LogP contribution in [0.15, 0.2) is 0 Å². The van der Waals surface area contributed by atoms with Gasteiger partial charge in [0.05, 0.1) is 12.6 Å². The van der Waals surface area contributed by atoms with Crippen LogP contribution in [0.5, 0.6) is 0 Å². The zero-order valence-corrected chi connectivity index (χ0v) is 16.9. The molecule has 28 heavy (non-hydrogen) atoms. The van der Waals surface area contributed by atoms with Gasteiger partial charge in [-0.3, -0.25) is 24.7 Å². The number of hydrogen-bond donors (Lipinski definition) is 3. The van der Waals surface area contributed by atoms with Crippen LogP contribution in [-0.4, -0.2) is 82.2 Å². The second-order valence-electron chi connectivity index (χ2n) is 8.17. The Hall–Kier alpha value is -2.20. The number of esters is 1. The zero-order chi connectivity index (χ0) is 21.1. The molecule has 0 spiro atoms. The van der Waals surface area contributed by atoms with Gasteiger partial charge in [-0.2, -0.15) is 0 Å². The molecule has 0 bridgehead atoms. The smallest absolute Gasteiger partial charge is 0.328 e. The van der Waals surface area contributed by atoms with E-state index in [1.54, 1.807) is 32.7 Å². The number of fused-ring (bicyclic) bond motifs is 1. The third kappa shape index (κ3) is 5.65. The van der Waals surface area contributed by atoms with Gasteiger partial charge in [0.2, 0.25) is 5.91 Å². The Morgan fingerprint density at radius 2 is 1.93 bits per heavy atom. The van der Waals surface area contributed by atoms with E-state index in [4.69, 9.17) is 4.74 Å². The van der Waals surface area contributed by atoms with Crippen molar-refractivity contribution in [2.24, 2.45) is 0 Å². The van der Waals surface area contributed by atoms with Crippen molar-refractivity contribution in [3.63, 3.8) is 0 Å². The number of rotatable bonds is 6.